The van der Waals surface area contributed by atoms with Crippen molar-refractivity contribution in [2.45, 2.75) is 13.0 Å². The van der Waals surface area contributed by atoms with E-state index in [-0.39, 0.29) is 6.54 Å². The molecule has 1 atom stereocenters. The fraction of sp³-hybridized carbons (Fsp3) is 0.444. The highest BCUT2D eigenvalue weighted by Crippen LogP contribution is 1.76. The van der Waals surface area contributed by atoms with Crippen molar-refractivity contribution in [3.05, 3.63) is 0 Å². The second-order valence-corrected chi connectivity index (χ2v) is 2.89. The first-order valence-corrected chi connectivity index (χ1v) is 4.44. The summed E-state index contributed by atoms with van der Waals surface area (Å²) in [6.45, 7) is 0.809. The molecule has 0 aromatic rings. The maximum Gasteiger partial charge on any atom is 0.322 e. The van der Waals surface area contributed by atoms with Crippen molar-refractivity contribution >= 4 is 17.9 Å². The van der Waals surface area contributed by atoms with Crippen LogP contribution in [0, 0.1) is 12.3 Å². The van der Waals surface area contributed by atoms with Gasteiger partial charge in [0.05, 0.1) is 12.6 Å². The van der Waals surface area contributed by atoms with E-state index in [1.807, 2.05) is 0 Å². The van der Waals surface area contributed by atoms with Crippen molar-refractivity contribution < 1.29 is 19.5 Å². The van der Waals surface area contributed by atoms with Crippen molar-refractivity contribution in [1.82, 2.24) is 16.0 Å². The van der Waals surface area contributed by atoms with Gasteiger partial charge in [-0.3, -0.25) is 9.59 Å². The van der Waals surface area contributed by atoms with Gasteiger partial charge in [-0.1, -0.05) is 5.92 Å². The molecule has 0 saturated heterocycles. The van der Waals surface area contributed by atoms with Gasteiger partial charge >= 0.3 is 12.0 Å². The molecule has 0 aromatic heterocycles. The molecule has 0 spiro atoms. The SMILES string of the molecule is C#CC(C)NC(=O)NCC(=O)NCC(=O)O. The molecule has 0 aliphatic carbocycles. The summed E-state index contributed by atoms with van der Waals surface area (Å²) < 4.78 is 0. The number of urea groups is 1. The van der Waals surface area contributed by atoms with Crippen LogP contribution in [0.25, 0.3) is 0 Å². The zero-order chi connectivity index (χ0) is 12.6. The lowest BCUT2D eigenvalue weighted by atomic mass is 10.4. The van der Waals surface area contributed by atoms with Crippen LogP contribution in [0.5, 0.6) is 0 Å². The predicted molar refractivity (Wildman–Crippen MR) is 55.5 cm³/mol. The molecule has 16 heavy (non-hydrogen) atoms. The van der Waals surface area contributed by atoms with Crippen molar-refractivity contribution in [1.29, 1.82) is 0 Å². The third-order valence-electron chi connectivity index (χ3n) is 1.44. The van der Waals surface area contributed by atoms with E-state index < -0.39 is 30.5 Å². The molecule has 0 aliphatic rings. The molecule has 0 fully saturated rings. The van der Waals surface area contributed by atoms with Gasteiger partial charge in [-0.05, 0) is 6.92 Å². The van der Waals surface area contributed by atoms with Gasteiger partial charge in [0.1, 0.15) is 6.54 Å². The summed E-state index contributed by atoms with van der Waals surface area (Å²) in [5.41, 5.74) is 0. The third-order valence-corrected chi connectivity index (χ3v) is 1.44. The lowest BCUT2D eigenvalue weighted by molar-refractivity contribution is -0.137. The zero-order valence-electron chi connectivity index (χ0n) is 8.74. The minimum Gasteiger partial charge on any atom is -0.480 e. The molecule has 4 N–H and O–H groups in total. The summed E-state index contributed by atoms with van der Waals surface area (Å²) in [6, 6.07) is -1.03. The monoisotopic (exact) mass is 227 g/mol. The highest BCUT2D eigenvalue weighted by molar-refractivity contribution is 5.86. The van der Waals surface area contributed by atoms with E-state index in [0.29, 0.717) is 0 Å². The molecule has 0 rings (SSSR count). The van der Waals surface area contributed by atoms with Gasteiger partial charge in [-0.25, -0.2) is 4.79 Å². The Hall–Kier alpha value is -2.23. The minimum absolute atomic E-state index is 0.309. The zero-order valence-corrected chi connectivity index (χ0v) is 8.74. The Labute approximate surface area is 92.6 Å². The highest BCUT2D eigenvalue weighted by Gasteiger charge is 2.07. The van der Waals surface area contributed by atoms with Crippen LogP contribution in [0.3, 0.4) is 0 Å². The molecule has 0 aromatic carbocycles. The lowest BCUT2D eigenvalue weighted by Gasteiger charge is -2.09. The van der Waals surface area contributed by atoms with E-state index in [4.69, 9.17) is 11.5 Å². The van der Waals surface area contributed by atoms with Gasteiger partial charge in [0.25, 0.3) is 0 Å². The number of aliphatic carboxylic acids is 1. The van der Waals surface area contributed by atoms with Gasteiger partial charge < -0.3 is 21.1 Å². The second kappa shape index (κ2) is 7.11. The summed E-state index contributed by atoms with van der Waals surface area (Å²) in [6.07, 6.45) is 5.02. The topological polar surface area (TPSA) is 108 Å². The molecule has 7 nitrogen and oxygen atoms in total. The quantitative estimate of drug-likeness (QED) is 0.429. The van der Waals surface area contributed by atoms with E-state index in [1.54, 1.807) is 6.92 Å². The normalized spacial score (nSPS) is 10.8. The number of carboxylic acids is 1. The Morgan fingerprint density at radius 3 is 2.44 bits per heavy atom. The fourth-order valence-electron chi connectivity index (χ4n) is 0.687. The van der Waals surface area contributed by atoms with Crippen molar-refractivity contribution in [2.75, 3.05) is 13.1 Å². The summed E-state index contributed by atoms with van der Waals surface area (Å²) in [4.78, 5) is 32.1. The Morgan fingerprint density at radius 1 is 1.31 bits per heavy atom. The van der Waals surface area contributed by atoms with Crippen LogP contribution in [0.15, 0.2) is 0 Å². The number of carboxylic acid groups (broad SMARTS) is 1. The van der Waals surface area contributed by atoms with Crippen LogP contribution in [-0.4, -0.2) is 42.1 Å². The van der Waals surface area contributed by atoms with Crippen LogP contribution in [-0.2, 0) is 9.59 Å². The van der Waals surface area contributed by atoms with Gasteiger partial charge in [0, 0.05) is 0 Å². The molecule has 88 valence electrons. The molecular weight excluding hydrogens is 214 g/mol. The molecule has 0 bridgehead atoms. The highest BCUT2D eigenvalue weighted by atomic mass is 16.4. The summed E-state index contributed by atoms with van der Waals surface area (Å²) in [5.74, 6) is 0.528. The number of hydrogen-bond acceptors (Lipinski definition) is 3. The number of terminal acetylenes is 1. The molecule has 1 unspecified atom stereocenters. The predicted octanol–water partition coefficient (Wildman–Crippen LogP) is -1.49. The Bertz CT molecular complexity index is 321. The minimum atomic E-state index is -1.15. The molecule has 7 heteroatoms. The first-order valence-electron chi connectivity index (χ1n) is 4.44. The van der Waals surface area contributed by atoms with Crippen LogP contribution in [0.2, 0.25) is 0 Å². The van der Waals surface area contributed by atoms with E-state index in [2.05, 4.69) is 21.9 Å². The third kappa shape index (κ3) is 7.20. The molecule has 0 heterocycles. The van der Waals surface area contributed by atoms with E-state index in [9.17, 15) is 14.4 Å². The molecule has 0 saturated carbocycles. The Kier molecular flexibility index (Phi) is 6.12. The molecular formula is C9H13N3O4. The number of carbonyl (C=O) groups is 3. The number of hydrogen-bond donors (Lipinski definition) is 4. The van der Waals surface area contributed by atoms with Crippen LogP contribution < -0.4 is 16.0 Å². The van der Waals surface area contributed by atoms with Crippen LogP contribution in [0.4, 0.5) is 4.79 Å². The smallest absolute Gasteiger partial charge is 0.322 e. The van der Waals surface area contributed by atoms with Gasteiger partial charge in [0.2, 0.25) is 5.91 Å². The average Bonchev–Trinajstić information content (AvgIpc) is 2.23. The van der Waals surface area contributed by atoms with Crippen molar-refractivity contribution in [2.24, 2.45) is 0 Å². The maximum absolute atomic E-state index is 11.0. The molecule has 0 radical (unpaired) electrons. The fourth-order valence-corrected chi connectivity index (χ4v) is 0.687. The van der Waals surface area contributed by atoms with E-state index in [1.165, 1.54) is 0 Å². The van der Waals surface area contributed by atoms with Crippen LogP contribution in [0.1, 0.15) is 6.92 Å². The maximum atomic E-state index is 11.0. The number of nitrogens with one attached hydrogen (secondary N) is 3. The number of amides is 3. The van der Waals surface area contributed by atoms with Gasteiger partial charge in [-0.15, -0.1) is 6.42 Å². The largest absolute Gasteiger partial charge is 0.480 e. The van der Waals surface area contributed by atoms with E-state index in [0.717, 1.165) is 0 Å². The molecule has 3 amide bonds. The lowest BCUT2D eigenvalue weighted by Crippen LogP contribution is -2.45. The van der Waals surface area contributed by atoms with Crippen molar-refractivity contribution in [3.8, 4) is 12.3 Å². The van der Waals surface area contributed by atoms with E-state index >= 15 is 0 Å². The first kappa shape index (κ1) is 13.8. The van der Waals surface area contributed by atoms with Gasteiger partial charge in [-0.2, -0.15) is 0 Å². The standard InChI is InChI=1S/C9H13N3O4/c1-3-6(2)12-9(16)11-4-7(13)10-5-8(14)15/h1,6H,4-5H2,2H3,(H,10,13)(H,14,15)(H2,11,12,16). The Balaban J connectivity index is 3.72. The number of carbonyl (C=O) groups excluding carboxylic acids is 2. The van der Waals surface area contributed by atoms with Crippen LogP contribution >= 0.6 is 0 Å². The van der Waals surface area contributed by atoms with Gasteiger partial charge in [0.15, 0.2) is 0 Å². The summed E-state index contributed by atoms with van der Waals surface area (Å²) in [7, 11) is 0. The summed E-state index contributed by atoms with van der Waals surface area (Å²) in [5, 5.41) is 14.9. The molecule has 0 aliphatic heterocycles. The average molecular weight is 227 g/mol. The van der Waals surface area contributed by atoms with Crippen molar-refractivity contribution in [3.63, 3.8) is 0 Å². The number of rotatable bonds is 5. The second-order valence-electron chi connectivity index (χ2n) is 2.89. The summed E-state index contributed by atoms with van der Waals surface area (Å²) >= 11 is 0. The Morgan fingerprint density at radius 2 is 1.94 bits per heavy atom. The first-order chi connectivity index (χ1) is 7.45.